The van der Waals surface area contributed by atoms with Gasteiger partial charge in [0.15, 0.2) is 10.4 Å². The van der Waals surface area contributed by atoms with E-state index >= 15 is 0 Å². The number of hydrogen-bond donors (Lipinski definition) is 1. The standard InChI is InChI=1S/C14H12BrN3S/c1-9-6-7-16-13-12(9)17-14(19)18(13)8-10-2-4-11(15)5-3-10/h2-7H,8H2,1H3,(H,17,19). The van der Waals surface area contributed by atoms with Crippen molar-refractivity contribution in [3.05, 3.63) is 56.9 Å². The van der Waals surface area contributed by atoms with Gasteiger partial charge in [-0.15, -0.1) is 0 Å². The first-order chi connectivity index (χ1) is 9.15. The predicted molar refractivity (Wildman–Crippen MR) is 82.9 cm³/mol. The summed E-state index contributed by atoms with van der Waals surface area (Å²) in [6.07, 6.45) is 1.82. The van der Waals surface area contributed by atoms with Crippen molar-refractivity contribution < 1.29 is 0 Å². The van der Waals surface area contributed by atoms with Crippen molar-refractivity contribution in [2.75, 3.05) is 0 Å². The molecule has 0 unspecified atom stereocenters. The molecule has 0 aliphatic heterocycles. The van der Waals surface area contributed by atoms with Crippen molar-refractivity contribution in [1.82, 2.24) is 14.5 Å². The van der Waals surface area contributed by atoms with Gasteiger partial charge in [0, 0.05) is 10.7 Å². The van der Waals surface area contributed by atoms with Crippen molar-refractivity contribution in [3.8, 4) is 0 Å². The molecule has 5 heteroatoms. The molecule has 0 bridgehead atoms. The van der Waals surface area contributed by atoms with Crippen molar-refractivity contribution in [1.29, 1.82) is 0 Å². The third-order valence-corrected chi connectivity index (χ3v) is 3.98. The van der Waals surface area contributed by atoms with Gasteiger partial charge in [-0.05, 0) is 48.5 Å². The van der Waals surface area contributed by atoms with Crippen LogP contribution in [0.15, 0.2) is 41.0 Å². The molecule has 19 heavy (non-hydrogen) atoms. The Morgan fingerprint density at radius 3 is 2.74 bits per heavy atom. The van der Waals surface area contributed by atoms with E-state index in [2.05, 4.69) is 45.0 Å². The maximum atomic E-state index is 5.40. The maximum Gasteiger partial charge on any atom is 0.179 e. The molecular weight excluding hydrogens is 322 g/mol. The fourth-order valence-electron chi connectivity index (χ4n) is 2.09. The molecule has 2 aromatic heterocycles. The van der Waals surface area contributed by atoms with Crippen LogP contribution in [-0.2, 0) is 6.54 Å². The number of nitrogens with zero attached hydrogens (tertiary/aromatic N) is 2. The van der Waals surface area contributed by atoms with Crippen LogP contribution < -0.4 is 0 Å². The SMILES string of the molecule is Cc1ccnc2c1[nH]c(=S)n2Cc1ccc(Br)cc1. The zero-order chi connectivity index (χ0) is 13.4. The lowest BCUT2D eigenvalue weighted by atomic mass is 10.2. The van der Waals surface area contributed by atoms with Crippen LogP contribution in [0, 0.1) is 11.7 Å². The Hall–Kier alpha value is -1.46. The number of aryl methyl sites for hydroxylation is 1. The molecule has 96 valence electrons. The molecular formula is C14H12BrN3S. The van der Waals surface area contributed by atoms with Crippen LogP contribution in [0.2, 0.25) is 0 Å². The number of aromatic nitrogens is 3. The van der Waals surface area contributed by atoms with E-state index in [0.717, 1.165) is 27.7 Å². The van der Waals surface area contributed by atoms with Gasteiger partial charge in [-0.25, -0.2) is 4.98 Å². The largest absolute Gasteiger partial charge is 0.329 e. The quantitative estimate of drug-likeness (QED) is 0.712. The van der Waals surface area contributed by atoms with Gasteiger partial charge in [0.2, 0.25) is 0 Å². The number of rotatable bonds is 2. The minimum absolute atomic E-state index is 0.708. The van der Waals surface area contributed by atoms with Gasteiger partial charge >= 0.3 is 0 Å². The Kier molecular flexibility index (Phi) is 3.24. The summed E-state index contributed by atoms with van der Waals surface area (Å²) in [6.45, 7) is 2.78. The minimum Gasteiger partial charge on any atom is -0.329 e. The molecule has 0 saturated carbocycles. The lowest BCUT2D eigenvalue weighted by Crippen LogP contribution is -2.00. The number of H-pyrrole nitrogens is 1. The van der Waals surface area contributed by atoms with E-state index in [9.17, 15) is 0 Å². The Bertz CT molecular complexity index is 787. The van der Waals surface area contributed by atoms with Crippen molar-refractivity contribution >= 4 is 39.3 Å². The van der Waals surface area contributed by atoms with Gasteiger partial charge in [-0.3, -0.25) is 4.57 Å². The Morgan fingerprint density at radius 2 is 2.00 bits per heavy atom. The summed E-state index contributed by atoms with van der Waals surface area (Å²) in [5.74, 6) is 0. The van der Waals surface area contributed by atoms with Gasteiger partial charge in [0.05, 0.1) is 12.1 Å². The van der Waals surface area contributed by atoms with E-state index in [4.69, 9.17) is 12.2 Å². The van der Waals surface area contributed by atoms with Crippen LogP contribution >= 0.6 is 28.1 Å². The molecule has 3 aromatic rings. The van der Waals surface area contributed by atoms with E-state index in [-0.39, 0.29) is 0 Å². The number of imidazole rings is 1. The highest BCUT2D eigenvalue weighted by atomic mass is 79.9. The van der Waals surface area contributed by atoms with Gasteiger partial charge in [0.25, 0.3) is 0 Å². The molecule has 0 aliphatic carbocycles. The van der Waals surface area contributed by atoms with Crippen molar-refractivity contribution in [2.45, 2.75) is 13.5 Å². The Balaban J connectivity index is 2.10. The summed E-state index contributed by atoms with van der Waals surface area (Å²) >= 11 is 8.84. The lowest BCUT2D eigenvalue weighted by Gasteiger charge is -2.04. The Labute approximate surface area is 124 Å². The second kappa shape index (κ2) is 4.90. The molecule has 0 spiro atoms. The summed E-state index contributed by atoms with van der Waals surface area (Å²) in [4.78, 5) is 7.67. The van der Waals surface area contributed by atoms with Crippen LogP contribution in [0.25, 0.3) is 11.2 Å². The minimum atomic E-state index is 0.708. The lowest BCUT2D eigenvalue weighted by molar-refractivity contribution is 0.800. The van der Waals surface area contributed by atoms with E-state index in [0.29, 0.717) is 4.77 Å². The molecule has 0 radical (unpaired) electrons. The van der Waals surface area contributed by atoms with Gasteiger partial charge in [0.1, 0.15) is 0 Å². The number of pyridine rings is 1. The highest BCUT2D eigenvalue weighted by molar-refractivity contribution is 9.10. The molecule has 2 heterocycles. The number of hydrogen-bond acceptors (Lipinski definition) is 2. The zero-order valence-corrected chi connectivity index (χ0v) is 12.8. The van der Waals surface area contributed by atoms with E-state index < -0.39 is 0 Å². The molecule has 3 nitrogen and oxygen atoms in total. The van der Waals surface area contributed by atoms with Gasteiger partial charge in [-0.2, -0.15) is 0 Å². The summed E-state index contributed by atoms with van der Waals surface area (Å²) in [5, 5.41) is 0. The number of nitrogens with one attached hydrogen (secondary N) is 1. The first kappa shape index (κ1) is 12.6. The smallest absolute Gasteiger partial charge is 0.179 e. The average Bonchev–Trinajstić information content (AvgIpc) is 2.71. The number of fused-ring (bicyclic) bond motifs is 1. The second-order valence-corrected chi connectivity index (χ2v) is 5.77. The van der Waals surface area contributed by atoms with Gasteiger partial charge < -0.3 is 4.98 Å². The first-order valence-electron chi connectivity index (χ1n) is 5.94. The summed E-state index contributed by atoms with van der Waals surface area (Å²) in [7, 11) is 0. The number of halogens is 1. The molecule has 1 N–H and O–H groups in total. The third-order valence-electron chi connectivity index (χ3n) is 3.13. The monoisotopic (exact) mass is 333 g/mol. The fraction of sp³-hybridized carbons (Fsp3) is 0.143. The van der Waals surface area contributed by atoms with E-state index in [1.807, 2.05) is 29.0 Å². The maximum absolute atomic E-state index is 5.40. The molecule has 3 rings (SSSR count). The van der Waals surface area contributed by atoms with E-state index in [1.54, 1.807) is 0 Å². The Morgan fingerprint density at radius 1 is 1.26 bits per heavy atom. The molecule has 0 saturated heterocycles. The number of aromatic amines is 1. The average molecular weight is 334 g/mol. The second-order valence-electron chi connectivity index (χ2n) is 4.47. The van der Waals surface area contributed by atoms with Crippen LogP contribution in [0.3, 0.4) is 0 Å². The van der Waals surface area contributed by atoms with Gasteiger partial charge in [-0.1, -0.05) is 28.1 Å². The van der Waals surface area contributed by atoms with Crippen LogP contribution in [0.5, 0.6) is 0 Å². The van der Waals surface area contributed by atoms with Crippen molar-refractivity contribution in [3.63, 3.8) is 0 Å². The highest BCUT2D eigenvalue weighted by Crippen LogP contribution is 2.18. The van der Waals surface area contributed by atoms with Crippen LogP contribution in [-0.4, -0.2) is 14.5 Å². The van der Waals surface area contributed by atoms with E-state index in [1.165, 1.54) is 5.56 Å². The fourth-order valence-corrected chi connectivity index (χ4v) is 2.61. The topological polar surface area (TPSA) is 33.6 Å². The third kappa shape index (κ3) is 2.35. The normalized spacial score (nSPS) is 11.1. The predicted octanol–water partition coefficient (Wildman–Crippen LogP) is 4.21. The molecule has 0 amide bonds. The molecule has 1 aromatic carbocycles. The first-order valence-corrected chi connectivity index (χ1v) is 7.14. The molecule has 0 fully saturated rings. The highest BCUT2D eigenvalue weighted by Gasteiger charge is 2.07. The summed E-state index contributed by atoms with van der Waals surface area (Å²) < 4.78 is 3.81. The number of benzene rings is 1. The van der Waals surface area contributed by atoms with Crippen LogP contribution in [0.4, 0.5) is 0 Å². The summed E-state index contributed by atoms with van der Waals surface area (Å²) in [5.41, 5.74) is 4.28. The zero-order valence-electron chi connectivity index (χ0n) is 10.4. The summed E-state index contributed by atoms with van der Waals surface area (Å²) in [6, 6.07) is 10.2. The molecule has 0 atom stereocenters. The van der Waals surface area contributed by atoms with Crippen LogP contribution in [0.1, 0.15) is 11.1 Å². The molecule has 0 aliphatic rings. The van der Waals surface area contributed by atoms with Crippen molar-refractivity contribution in [2.24, 2.45) is 0 Å².